The van der Waals surface area contributed by atoms with Crippen LogP contribution in [0.5, 0.6) is 0 Å². The van der Waals surface area contributed by atoms with Gasteiger partial charge in [0.1, 0.15) is 12.9 Å². The summed E-state index contributed by atoms with van der Waals surface area (Å²) in [7, 11) is -3.01. The number of rotatable bonds is 10. The normalized spacial score (nSPS) is 13.4. The van der Waals surface area contributed by atoms with Crippen molar-refractivity contribution in [3.63, 3.8) is 0 Å². The molecule has 0 saturated heterocycles. The summed E-state index contributed by atoms with van der Waals surface area (Å²) in [5, 5.41) is 1.73. The van der Waals surface area contributed by atoms with Crippen molar-refractivity contribution in [2.75, 3.05) is 6.16 Å². The Labute approximate surface area is 219 Å². The molecule has 5 rings (SSSR count). The van der Waals surface area contributed by atoms with Gasteiger partial charge in [-0.25, -0.2) is 0 Å². The van der Waals surface area contributed by atoms with Crippen molar-refractivity contribution in [1.29, 1.82) is 0 Å². The van der Waals surface area contributed by atoms with Gasteiger partial charge in [0.25, 0.3) is 0 Å². The van der Waals surface area contributed by atoms with Gasteiger partial charge >= 0.3 is 0 Å². The maximum Gasteiger partial charge on any atom is 0.145 e. The van der Waals surface area contributed by atoms with E-state index in [-0.39, 0.29) is 12.1 Å². The molecular formula is C33H32NO2P. The first-order valence-electron chi connectivity index (χ1n) is 12.7. The summed E-state index contributed by atoms with van der Waals surface area (Å²) in [5.74, 6) is 0.825. The molecule has 0 bridgehead atoms. The third kappa shape index (κ3) is 5.69. The zero-order valence-corrected chi connectivity index (χ0v) is 22.0. The van der Waals surface area contributed by atoms with E-state index in [0.717, 1.165) is 16.4 Å². The van der Waals surface area contributed by atoms with Crippen LogP contribution < -0.4 is 10.6 Å². The van der Waals surface area contributed by atoms with E-state index < -0.39 is 7.14 Å². The minimum atomic E-state index is -3.01. The fourth-order valence-corrected chi connectivity index (χ4v) is 7.92. The van der Waals surface area contributed by atoms with Gasteiger partial charge in [-0.1, -0.05) is 121 Å². The van der Waals surface area contributed by atoms with Crippen molar-refractivity contribution in [3.05, 3.63) is 157 Å². The minimum Gasteiger partial charge on any atom is -0.468 e. The smallest absolute Gasteiger partial charge is 0.145 e. The molecule has 0 unspecified atom stereocenters. The van der Waals surface area contributed by atoms with E-state index in [4.69, 9.17) is 4.42 Å². The topological polar surface area (TPSA) is 33.5 Å². The van der Waals surface area contributed by atoms with Gasteiger partial charge in [-0.05, 0) is 30.2 Å². The van der Waals surface area contributed by atoms with Crippen LogP contribution in [0.25, 0.3) is 0 Å². The highest BCUT2D eigenvalue weighted by Crippen LogP contribution is 2.49. The van der Waals surface area contributed by atoms with Crippen LogP contribution in [0.15, 0.2) is 144 Å². The lowest BCUT2D eigenvalue weighted by Crippen LogP contribution is -2.35. The predicted molar refractivity (Wildman–Crippen MR) is 153 cm³/mol. The van der Waals surface area contributed by atoms with Gasteiger partial charge in [0.15, 0.2) is 0 Å². The van der Waals surface area contributed by atoms with Crippen molar-refractivity contribution in [3.8, 4) is 0 Å². The largest absolute Gasteiger partial charge is 0.468 e. The van der Waals surface area contributed by atoms with Crippen LogP contribution in [-0.2, 0) is 11.1 Å². The molecule has 0 radical (unpaired) electrons. The minimum absolute atomic E-state index is 0.0662. The number of hydrogen-bond donors (Lipinski definition) is 0. The maximum absolute atomic E-state index is 15.2. The van der Waals surface area contributed by atoms with Gasteiger partial charge in [-0.2, -0.15) is 0 Å². The number of nitrogens with zero attached hydrogens (tertiary/aromatic N) is 1. The summed E-state index contributed by atoms with van der Waals surface area (Å²) >= 11 is 0. The lowest BCUT2D eigenvalue weighted by atomic mass is 10.0. The summed E-state index contributed by atoms with van der Waals surface area (Å²) in [6, 6.07) is 44.6. The highest BCUT2D eigenvalue weighted by molar-refractivity contribution is 7.78. The molecule has 0 saturated carbocycles. The molecule has 37 heavy (non-hydrogen) atoms. The summed E-state index contributed by atoms with van der Waals surface area (Å²) in [4.78, 5) is 2.43. The summed E-state index contributed by atoms with van der Waals surface area (Å²) in [6.07, 6.45) is 2.14. The highest BCUT2D eigenvalue weighted by atomic mass is 31.2. The van der Waals surface area contributed by atoms with Crippen molar-refractivity contribution in [2.45, 2.75) is 25.6 Å². The molecule has 186 valence electrons. The van der Waals surface area contributed by atoms with Crippen LogP contribution in [-0.4, -0.2) is 11.1 Å². The Morgan fingerprint density at radius 2 is 1.19 bits per heavy atom. The molecule has 4 aromatic carbocycles. The van der Waals surface area contributed by atoms with Crippen molar-refractivity contribution in [1.82, 2.24) is 4.90 Å². The Bertz CT molecular complexity index is 1360. The number of hydrogen-bond acceptors (Lipinski definition) is 3. The van der Waals surface area contributed by atoms with Crippen LogP contribution in [0.3, 0.4) is 0 Å². The SMILES string of the molecule is C[C@H](c1ccccc1)N(Cc1ccccc1)[C@H](CP(=O)(c1ccccc1)c1ccccc1)c1ccco1. The van der Waals surface area contributed by atoms with Crippen LogP contribution in [0.2, 0.25) is 0 Å². The fourth-order valence-electron chi connectivity index (χ4n) is 5.01. The van der Waals surface area contributed by atoms with E-state index in [1.165, 1.54) is 11.1 Å². The standard InChI is InChI=1S/C33H32NO2P/c1-27(29-17-8-3-9-18-29)34(25-28-15-6-2-7-16-28)32(33-23-14-24-36-33)26-37(35,30-19-10-4-11-20-30)31-21-12-5-13-22-31/h2-24,27,32H,25-26H2,1H3/t27-,32-/m1/s1. The second-order valence-corrected chi connectivity index (χ2v) is 12.2. The van der Waals surface area contributed by atoms with Gasteiger partial charge in [-0.3, -0.25) is 4.90 Å². The Morgan fingerprint density at radius 1 is 0.676 bits per heavy atom. The quantitative estimate of drug-likeness (QED) is 0.183. The first-order valence-corrected chi connectivity index (χ1v) is 14.6. The molecule has 3 nitrogen and oxygen atoms in total. The van der Waals surface area contributed by atoms with E-state index in [1.807, 2.05) is 84.9 Å². The third-order valence-corrected chi connectivity index (χ3v) is 10.2. The van der Waals surface area contributed by atoms with Crippen molar-refractivity contribution < 1.29 is 8.98 Å². The van der Waals surface area contributed by atoms with Gasteiger partial charge in [0.05, 0.1) is 12.3 Å². The molecule has 0 spiro atoms. The second-order valence-electron chi connectivity index (χ2n) is 9.37. The average molecular weight is 506 g/mol. The zero-order valence-electron chi connectivity index (χ0n) is 21.1. The van der Waals surface area contributed by atoms with E-state index in [9.17, 15) is 0 Å². The lowest BCUT2D eigenvalue weighted by Gasteiger charge is -2.38. The summed E-state index contributed by atoms with van der Waals surface area (Å²) < 4.78 is 21.2. The van der Waals surface area contributed by atoms with Crippen molar-refractivity contribution in [2.24, 2.45) is 0 Å². The van der Waals surface area contributed by atoms with Gasteiger partial charge < -0.3 is 8.98 Å². The van der Waals surface area contributed by atoms with E-state index in [2.05, 4.69) is 60.4 Å². The van der Waals surface area contributed by atoms with E-state index in [0.29, 0.717) is 12.7 Å². The fraction of sp³-hybridized carbons (Fsp3) is 0.152. The monoisotopic (exact) mass is 505 g/mol. The van der Waals surface area contributed by atoms with E-state index >= 15 is 4.57 Å². The zero-order chi connectivity index (χ0) is 25.5. The van der Waals surface area contributed by atoms with Gasteiger partial charge in [0, 0.05) is 29.4 Å². The first-order chi connectivity index (χ1) is 18.1. The number of furan rings is 1. The summed E-state index contributed by atoms with van der Waals surface area (Å²) in [5.41, 5.74) is 2.42. The van der Waals surface area contributed by atoms with Crippen LogP contribution in [0.1, 0.15) is 35.9 Å². The van der Waals surface area contributed by atoms with Crippen LogP contribution in [0, 0.1) is 0 Å². The second kappa shape index (κ2) is 11.6. The summed E-state index contributed by atoms with van der Waals surface area (Å²) in [6.45, 7) is 2.93. The average Bonchev–Trinajstić information content (AvgIpc) is 3.51. The van der Waals surface area contributed by atoms with Crippen LogP contribution >= 0.6 is 7.14 Å². The van der Waals surface area contributed by atoms with Crippen molar-refractivity contribution >= 4 is 17.8 Å². The molecule has 0 aliphatic heterocycles. The molecule has 5 aromatic rings. The molecule has 0 N–H and O–H groups in total. The Kier molecular flexibility index (Phi) is 7.84. The van der Waals surface area contributed by atoms with Gasteiger partial charge in [0.2, 0.25) is 0 Å². The predicted octanol–water partition coefficient (Wildman–Crippen LogP) is 7.60. The molecule has 0 aliphatic carbocycles. The van der Waals surface area contributed by atoms with E-state index in [1.54, 1.807) is 6.26 Å². The molecular weight excluding hydrogens is 473 g/mol. The molecule has 0 fully saturated rings. The molecule has 2 atom stereocenters. The third-order valence-electron chi connectivity index (χ3n) is 7.04. The maximum atomic E-state index is 15.2. The first kappa shape index (κ1) is 25.0. The van der Waals surface area contributed by atoms with Gasteiger partial charge in [-0.15, -0.1) is 0 Å². The lowest BCUT2D eigenvalue weighted by molar-refractivity contribution is 0.130. The molecule has 0 aliphatic rings. The highest BCUT2D eigenvalue weighted by Gasteiger charge is 2.37. The Morgan fingerprint density at radius 3 is 1.70 bits per heavy atom. The Hall–Kier alpha value is -3.65. The molecule has 0 amide bonds. The Balaban J connectivity index is 1.64. The molecule has 4 heteroatoms. The molecule has 1 heterocycles. The van der Waals surface area contributed by atoms with Crippen LogP contribution in [0.4, 0.5) is 0 Å². The molecule has 1 aromatic heterocycles. The number of benzene rings is 4.